The molecule has 4 nitrogen and oxygen atoms in total. The van der Waals surface area contributed by atoms with E-state index in [-0.39, 0.29) is 11.3 Å². The molecule has 0 aliphatic rings. The predicted molar refractivity (Wildman–Crippen MR) is 75.9 cm³/mol. The molecule has 1 heterocycles. The molecule has 102 valence electrons. The van der Waals surface area contributed by atoms with E-state index >= 15 is 0 Å². The zero-order valence-electron chi connectivity index (χ0n) is 12.1. The van der Waals surface area contributed by atoms with Gasteiger partial charge in [-0.1, -0.05) is 27.7 Å². The van der Waals surface area contributed by atoms with Gasteiger partial charge in [0.15, 0.2) is 0 Å². The summed E-state index contributed by atoms with van der Waals surface area (Å²) < 4.78 is 2.11. The van der Waals surface area contributed by atoms with Crippen LogP contribution in [-0.2, 0) is 19.4 Å². The van der Waals surface area contributed by atoms with Crippen LogP contribution in [0.4, 0.5) is 0 Å². The average molecular weight is 250 g/mol. The molecule has 0 aliphatic heterocycles. The molecule has 0 unspecified atom stereocenters. The van der Waals surface area contributed by atoms with Crippen molar-refractivity contribution < 1.29 is 0 Å². The van der Waals surface area contributed by atoms with Crippen LogP contribution in [0.15, 0.2) is 6.07 Å². The maximum atomic E-state index is 7.55. The number of aromatic nitrogens is 2. The second-order valence-electron chi connectivity index (χ2n) is 5.46. The first kappa shape index (κ1) is 14.7. The molecule has 0 saturated heterocycles. The fourth-order valence-corrected chi connectivity index (χ4v) is 1.97. The number of hydrogen-bond acceptors (Lipinski definition) is 2. The van der Waals surface area contributed by atoms with E-state index in [0.717, 1.165) is 37.9 Å². The monoisotopic (exact) mass is 250 g/mol. The Morgan fingerprint density at radius 1 is 1.39 bits per heavy atom. The van der Waals surface area contributed by atoms with Gasteiger partial charge in [-0.05, 0) is 31.7 Å². The summed E-state index contributed by atoms with van der Waals surface area (Å²) in [5, 5.41) is 12.1. The van der Waals surface area contributed by atoms with Crippen LogP contribution in [0.25, 0.3) is 0 Å². The van der Waals surface area contributed by atoms with Gasteiger partial charge < -0.3 is 5.73 Å². The Hall–Kier alpha value is -1.32. The van der Waals surface area contributed by atoms with Gasteiger partial charge in [-0.2, -0.15) is 5.10 Å². The number of nitrogens with zero attached hydrogens (tertiary/aromatic N) is 2. The van der Waals surface area contributed by atoms with Crippen LogP contribution in [0.5, 0.6) is 0 Å². The fraction of sp³-hybridized carbons (Fsp3) is 0.714. The Morgan fingerprint density at radius 3 is 2.56 bits per heavy atom. The fourth-order valence-electron chi connectivity index (χ4n) is 1.97. The lowest BCUT2D eigenvalue weighted by Gasteiger charge is -2.22. The highest BCUT2D eigenvalue weighted by Crippen LogP contribution is 2.22. The summed E-state index contributed by atoms with van der Waals surface area (Å²) >= 11 is 0. The highest BCUT2D eigenvalue weighted by molar-refractivity contribution is 5.82. The van der Waals surface area contributed by atoms with Crippen LogP contribution in [0.2, 0.25) is 0 Å². The summed E-state index contributed by atoms with van der Waals surface area (Å²) in [5.74, 6) is 0.271. The van der Waals surface area contributed by atoms with Crippen molar-refractivity contribution in [1.29, 1.82) is 5.41 Å². The van der Waals surface area contributed by atoms with E-state index in [1.54, 1.807) is 0 Å². The van der Waals surface area contributed by atoms with Gasteiger partial charge in [0.1, 0.15) is 0 Å². The van der Waals surface area contributed by atoms with E-state index in [4.69, 9.17) is 11.1 Å². The molecule has 0 saturated carbocycles. The van der Waals surface area contributed by atoms with Gasteiger partial charge in [0.25, 0.3) is 0 Å². The minimum Gasteiger partial charge on any atom is -0.387 e. The van der Waals surface area contributed by atoms with Crippen LogP contribution >= 0.6 is 0 Å². The van der Waals surface area contributed by atoms with Crippen LogP contribution < -0.4 is 5.73 Å². The lowest BCUT2D eigenvalue weighted by Crippen LogP contribution is -2.31. The highest BCUT2D eigenvalue weighted by Gasteiger charge is 2.21. The van der Waals surface area contributed by atoms with Gasteiger partial charge in [0.05, 0.1) is 11.5 Å². The Kier molecular flexibility index (Phi) is 4.93. The van der Waals surface area contributed by atoms with Crippen molar-refractivity contribution in [3.8, 4) is 0 Å². The third-order valence-electron chi connectivity index (χ3n) is 3.54. The molecule has 1 aromatic rings. The molecule has 0 fully saturated rings. The summed E-state index contributed by atoms with van der Waals surface area (Å²) in [6.45, 7) is 9.25. The molecular weight excluding hydrogens is 224 g/mol. The van der Waals surface area contributed by atoms with Crippen molar-refractivity contribution >= 4 is 5.84 Å². The highest BCUT2D eigenvalue weighted by atomic mass is 15.3. The number of nitrogens with one attached hydrogen (secondary N) is 1. The first-order valence-electron chi connectivity index (χ1n) is 6.80. The van der Waals surface area contributed by atoms with Crippen molar-refractivity contribution in [3.63, 3.8) is 0 Å². The van der Waals surface area contributed by atoms with Crippen LogP contribution in [0.1, 0.15) is 51.9 Å². The van der Waals surface area contributed by atoms with E-state index in [0.29, 0.717) is 0 Å². The molecule has 3 N–H and O–H groups in total. The summed E-state index contributed by atoms with van der Waals surface area (Å²) in [4.78, 5) is 0. The van der Waals surface area contributed by atoms with E-state index in [9.17, 15) is 0 Å². The maximum Gasteiger partial charge on any atom is 0.0963 e. The zero-order chi connectivity index (χ0) is 13.8. The quantitative estimate of drug-likeness (QED) is 0.577. The average Bonchev–Trinajstić information content (AvgIpc) is 2.71. The van der Waals surface area contributed by atoms with Gasteiger partial charge >= 0.3 is 0 Å². The molecule has 1 rings (SSSR count). The minimum atomic E-state index is -0.201. The van der Waals surface area contributed by atoms with Gasteiger partial charge in [-0.25, -0.2) is 0 Å². The summed E-state index contributed by atoms with van der Waals surface area (Å²) in [6, 6.07) is 2.19. The minimum absolute atomic E-state index is 0.201. The normalized spacial score (nSPS) is 11.8. The Balaban J connectivity index is 2.58. The predicted octanol–water partition coefficient (Wildman–Crippen LogP) is 2.75. The van der Waals surface area contributed by atoms with Crippen molar-refractivity contribution in [3.05, 3.63) is 17.5 Å². The number of aryl methyl sites for hydroxylation is 3. The van der Waals surface area contributed by atoms with Gasteiger partial charge in [0.2, 0.25) is 0 Å². The summed E-state index contributed by atoms with van der Waals surface area (Å²) in [5.41, 5.74) is 7.85. The summed E-state index contributed by atoms with van der Waals surface area (Å²) in [7, 11) is 0. The molecular formula is C14H26N4. The van der Waals surface area contributed by atoms with Gasteiger partial charge in [0, 0.05) is 17.7 Å². The third-order valence-corrected chi connectivity index (χ3v) is 3.54. The molecule has 4 heteroatoms. The maximum absolute atomic E-state index is 7.55. The topological polar surface area (TPSA) is 67.7 Å². The second kappa shape index (κ2) is 6.03. The Labute approximate surface area is 110 Å². The number of nitrogens with two attached hydrogens (primary N) is 1. The smallest absolute Gasteiger partial charge is 0.0963 e. The third kappa shape index (κ3) is 3.59. The van der Waals surface area contributed by atoms with Crippen LogP contribution in [-0.4, -0.2) is 15.6 Å². The van der Waals surface area contributed by atoms with E-state index < -0.39 is 0 Å². The first-order valence-corrected chi connectivity index (χ1v) is 6.80. The Bertz CT molecular complexity index is 404. The largest absolute Gasteiger partial charge is 0.387 e. The van der Waals surface area contributed by atoms with Crippen LogP contribution in [0.3, 0.4) is 0 Å². The lowest BCUT2D eigenvalue weighted by atomic mass is 9.87. The molecule has 0 amide bonds. The standard InChI is InChI=1S/C14H26N4/c1-5-11-10-12(6-2)18(17-11)9-7-8-14(3,4)13(15)16/h10H,5-9H2,1-4H3,(H3,15,16). The number of rotatable bonds is 7. The molecule has 0 aliphatic carbocycles. The van der Waals surface area contributed by atoms with E-state index in [2.05, 4.69) is 29.7 Å². The van der Waals surface area contributed by atoms with E-state index in [1.165, 1.54) is 5.69 Å². The van der Waals surface area contributed by atoms with Crippen molar-refractivity contribution in [2.45, 2.75) is 59.9 Å². The molecule has 0 atom stereocenters. The molecule has 0 radical (unpaired) electrons. The van der Waals surface area contributed by atoms with Crippen molar-refractivity contribution in [2.75, 3.05) is 0 Å². The number of amidine groups is 1. The summed E-state index contributed by atoms with van der Waals surface area (Å²) in [6.07, 6.45) is 3.93. The SMILES string of the molecule is CCc1cc(CC)n(CCCC(C)(C)C(=N)N)n1. The Morgan fingerprint density at radius 2 is 2.06 bits per heavy atom. The van der Waals surface area contributed by atoms with Crippen LogP contribution in [0, 0.1) is 10.8 Å². The van der Waals surface area contributed by atoms with Crippen molar-refractivity contribution in [2.24, 2.45) is 11.1 Å². The molecule has 18 heavy (non-hydrogen) atoms. The first-order chi connectivity index (χ1) is 8.40. The van der Waals surface area contributed by atoms with Crippen molar-refractivity contribution in [1.82, 2.24) is 9.78 Å². The van der Waals surface area contributed by atoms with Gasteiger partial charge in [-0.3, -0.25) is 10.1 Å². The number of hydrogen-bond donors (Lipinski definition) is 2. The lowest BCUT2D eigenvalue weighted by molar-refractivity contribution is 0.415. The molecule has 1 aromatic heterocycles. The molecule has 0 aromatic carbocycles. The van der Waals surface area contributed by atoms with E-state index in [1.807, 2.05) is 13.8 Å². The second-order valence-corrected chi connectivity index (χ2v) is 5.46. The molecule has 0 bridgehead atoms. The molecule has 0 spiro atoms. The zero-order valence-corrected chi connectivity index (χ0v) is 12.1. The van der Waals surface area contributed by atoms with Gasteiger partial charge in [-0.15, -0.1) is 0 Å².